The highest BCUT2D eigenvalue weighted by atomic mass is 16.6. The molecule has 0 saturated carbocycles. The molecule has 3 nitrogen and oxygen atoms in total. The van der Waals surface area contributed by atoms with E-state index in [0.717, 1.165) is 5.56 Å². The first-order valence-electron chi connectivity index (χ1n) is 11.0. The van der Waals surface area contributed by atoms with E-state index in [9.17, 15) is 4.79 Å². The van der Waals surface area contributed by atoms with Crippen LogP contribution in [-0.2, 0) is 21.6 Å². The van der Waals surface area contributed by atoms with E-state index in [-0.39, 0.29) is 36.4 Å². The number of benzene rings is 2. The number of rotatable bonds is 8. The van der Waals surface area contributed by atoms with Crippen LogP contribution >= 0.6 is 0 Å². The molecule has 2 rings (SSSR count). The highest BCUT2D eigenvalue weighted by Gasteiger charge is 2.42. The normalized spacial score (nSPS) is 17.6. The minimum atomic E-state index is -1.42. The van der Waals surface area contributed by atoms with Gasteiger partial charge in [-0.2, -0.15) is 0 Å². The Labute approximate surface area is 158 Å². The van der Waals surface area contributed by atoms with Crippen molar-refractivity contribution in [2.24, 2.45) is 5.92 Å². The van der Waals surface area contributed by atoms with E-state index >= 15 is 0 Å². The molecule has 0 spiro atoms. The second kappa shape index (κ2) is 8.82. The average molecular weight is 345 g/mol. The van der Waals surface area contributed by atoms with E-state index in [4.69, 9.17) is 11.6 Å². The summed E-state index contributed by atoms with van der Waals surface area (Å²) < 4.78 is 47.4. The van der Waals surface area contributed by atoms with Crippen molar-refractivity contribution in [1.29, 1.82) is 0 Å². The second-order valence-corrected chi connectivity index (χ2v) is 6.54. The predicted octanol–water partition coefficient (Wildman–Crippen LogP) is 4.28. The molecular weight excluding hydrogens is 310 g/mol. The Kier molecular flexibility index (Phi) is 4.63. The molecule has 0 aromatic heterocycles. The van der Waals surface area contributed by atoms with Crippen molar-refractivity contribution in [3.05, 3.63) is 71.7 Å². The number of hydrogen-bond donors (Lipinski definition) is 0. The molecular formula is C22H29NO2. The van der Waals surface area contributed by atoms with Gasteiger partial charge in [-0.15, -0.1) is 0 Å². The first-order valence-corrected chi connectivity index (χ1v) is 8.53. The quantitative estimate of drug-likeness (QED) is 0.670. The van der Waals surface area contributed by atoms with Crippen LogP contribution in [0.15, 0.2) is 60.5 Å². The summed E-state index contributed by atoms with van der Waals surface area (Å²) in [5.74, 6) is -0.838. The molecule has 0 fully saturated rings. The Hall–Kier alpha value is -2.13. The monoisotopic (exact) mass is 344 g/mol. The number of hydrogen-bond acceptors (Lipinski definition) is 3. The van der Waals surface area contributed by atoms with E-state index in [2.05, 4.69) is 0 Å². The summed E-state index contributed by atoms with van der Waals surface area (Å²) in [5.41, 5.74) is -0.557. The molecule has 25 heavy (non-hydrogen) atoms. The van der Waals surface area contributed by atoms with E-state index in [1.165, 1.54) is 0 Å². The van der Waals surface area contributed by atoms with Gasteiger partial charge in [0.1, 0.15) is 5.60 Å². The number of carbonyl (C=O) groups is 1. The lowest BCUT2D eigenvalue weighted by molar-refractivity contribution is -0.168. The zero-order valence-corrected chi connectivity index (χ0v) is 15.3. The van der Waals surface area contributed by atoms with Gasteiger partial charge in [0.05, 0.1) is 6.85 Å². The highest BCUT2D eigenvalue weighted by molar-refractivity contribution is 5.69. The SMILES string of the molecule is [2H]c1c([2H])c([2H])c([C@@](Cc2ccccc2)(OC(=O)CC)[C@H](C)CN(C)C)c([2H])c1[2H]. The summed E-state index contributed by atoms with van der Waals surface area (Å²) in [6, 6.07) is 7.33. The smallest absolute Gasteiger partial charge is 0.306 e. The van der Waals surface area contributed by atoms with Crippen molar-refractivity contribution in [2.45, 2.75) is 32.3 Å². The van der Waals surface area contributed by atoms with Crippen LogP contribution < -0.4 is 0 Å². The summed E-state index contributed by atoms with van der Waals surface area (Å²) in [4.78, 5) is 14.5. The molecule has 0 aliphatic carbocycles. The maximum Gasteiger partial charge on any atom is 0.306 e. The third kappa shape index (κ3) is 4.93. The first-order chi connectivity index (χ1) is 14.0. The number of esters is 1. The molecule has 0 aliphatic heterocycles. The Morgan fingerprint density at radius 1 is 1.20 bits per heavy atom. The van der Waals surface area contributed by atoms with Crippen molar-refractivity contribution >= 4 is 5.97 Å². The molecule has 134 valence electrons. The lowest BCUT2D eigenvalue weighted by Crippen LogP contribution is -2.44. The highest BCUT2D eigenvalue weighted by Crippen LogP contribution is 2.38. The lowest BCUT2D eigenvalue weighted by Gasteiger charge is -2.40. The zero-order valence-electron chi connectivity index (χ0n) is 20.3. The van der Waals surface area contributed by atoms with Gasteiger partial charge in [-0.3, -0.25) is 4.79 Å². The van der Waals surface area contributed by atoms with Gasteiger partial charge in [0.25, 0.3) is 0 Å². The Bertz CT molecular complexity index is 875. The lowest BCUT2D eigenvalue weighted by atomic mass is 9.77. The summed E-state index contributed by atoms with van der Waals surface area (Å²) in [7, 11) is 3.76. The summed E-state index contributed by atoms with van der Waals surface area (Å²) in [5, 5.41) is 0. The van der Waals surface area contributed by atoms with Crippen LogP contribution in [-0.4, -0.2) is 31.5 Å². The topological polar surface area (TPSA) is 29.5 Å². The number of carbonyl (C=O) groups excluding carboxylic acids is 1. The Morgan fingerprint density at radius 3 is 2.40 bits per heavy atom. The zero-order chi connectivity index (χ0) is 22.6. The van der Waals surface area contributed by atoms with Crippen LogP contribution in [0, 0.1) is 5.92 Å². The Balaban J connectivity index is 2.87. The van der Waals surface area contributed by atoms with Gasteiger partial charge in [-0.25, -0.2) is 0 Å². The van der Waals surface area contributed by atoms with Crippen LogP contribution in [0.25, 0.3) is 0 Å². The average Bonchev–Trinajstić information content (AvgIpc) is 2.70. The fourth-order valence-corrected chi connectivity index (χ4v) is 3.03. The fourth-order valence-electron chi connectivity index (χ4n) is 3.03. The molecule has 2 aromatic rings. The molecule has 0 N–H and O–H groups in total. The van der Waals surface area contributed by atoms with Gasteiger partial charge in [0, 0.05) is 25.3 Å². The third-order valence-electron chi connectivity index (χ3n) is 4.25. The first kappa shape index (κ1) is 13.1. The van der Waals surface area contributed by atoms with Crippen LogP contribution in [0.1, 0.15) is 38.2 Å². The van der Waals surface area contributed by atoms with Gasteiger partial charge in [0.2, 0.25) is 0 Å². The van der Waals surface area contributed by atoms with Crippen LogP contribution in [0.2, 0.25) is 0 Å². The van der Waals surface area contributed by atoms with Gasteiger partial charge in [0.15, 0.2) is 0 Å². The molecule has 0 heterocycles. The Morgan fingerprint density at radius 2 is 1.84 bits per heavy atom. The molecule has 3 heteroatoms. The van der Waals surface area contributed by atoms with E-state index in [1.54, 1.807) is 6.92 Å². The molecule has 2 atom stereocenters. The molecule has 0 radical (unpaired) electrons. The molecule has 0 bridgehead atoms. The van der Waals surface area contributed by atoms with Crippen molar-refractivity contribution in [1.82, 2.24) is 4.90 Å². The van der Waals surface area contributed by atoms with Crippen LogP contribution in [0.4, 0.5) is 0 Å². The maximum absolute atomic E-state index is 12.6. The van der Waals surface area contributed by atoms with Gasteiger partial charge < -0.3 is 9.64 Å². The van der Waals surface area contributed by atoms with Gasteiger partial charge in [-0.1, -0.05) is 74.4 Å². The third-order valence-corrected chi connectivity index (χ3v) is 4.25. The van der Waals surface area contributed by atoms with Gasteiger partial charge in [-0.05, 0) is 25.2 Å². The summed E-state index contributed by atoms with van der Waals surface area (Å²) in [6.07, 6.45) is 0.312. The second-order valence-electron chi connectivity index (χ2n) is 6.54. The van der Waals surface area contributed by atoms with Gasteiger partial charge >= 0.3 is 5.97 Å². The molecule has 0 aliphatic rings. The number of nitrogens with zero attached hydrogens (tertiary/aromatic N) is 1. The molecule has 0 saturated heterocycles. The molecule has 0 unspecified atom stereocenters. The fraction of sp³-hybridized carbons (Fsp3) is 0.409. The number of ether oxygens (including phenoxy) is 1. The summed E-state index contributed by atoms with van der Waals surface area (Å²) in [6.45, 7) is 4.05. The van der Waals surface area contributed by atoms with E-state index in [0.29, 0.717) is 6.54 Å². The van der Waals surface area contributed by atoms with Crippen LogP contribution in [0.5, 0.6) is 0 Å². The minimum Gasteiger partial charge on any atom is -0.453 e. The van der Waals surface area contributed by atoms with Crippen molar-refractivity contribution in [2.75, 3.05) is 20.6 Å². The summed E-state index contributed by atoms with van der Waals surface area (Å²) >= 11 is 0. The predicted molar refractivity (Wildman–Crippen MR) is 102 cm³/mol. The minimum absolute atomic E-state index is 0.0218. The molecule has 2 aromatic carbocycles. The van der Waals surface area contributed by atoms with E-state index < -0.39 is 29.7 Å². The molecule has 0 amide bonds. The maximum atomic E-state index is 12.6. The van der Waals surface area contributed by atoms with Crippen LogP contribution in [0.3, 0.4) is 0 Å². The van der Waals surface area contributed by atoms with Crippen molar-refractivity contribution < 1.29 is 16.4 Å². The van der Waals surface area contributed by atoms with Crippen molar-refractivity contribution in [3.63, 3.8) is 0 Å². The standard InChI is InChI=1S/C22H29NO2/c1-5-21(24)25-22(18(2)17-23(3)4,20-14-10-7-11-15-20)16-19-12-8-6-9-13-19/h6-15,18H,5,16-17H2,1-4H3/t18-,22+/m1/s1/i7D,10D,11D,14D,15D. The largest absolute Gasteiger partial charge is 0.453 e. The van der Waals surface area contributed by atoms with E-state index in [1.807, 2.05) is 56.3 Å². The van der Waals surface area contributed by atoms with Crippen molar-refractivity contribution in [3.8, 4) is 0 Å².